The zero-order valence-electron chi connectivity index (χ0n) is 8.36. The Labute approximate surface area is 79.1 Å². The summed E-state index contributed by atoms with van der Waals surface area (Å²) in [6.07, 6.45) is 0.797. The summed E-state index contributed by atoms with van der Waals surface area (Å²) in [6, 6.07) is 0. The third kappa shape index (κ3) is 3.32. The number of aliphatic hydroxyl groups is 1. The summed E-state index contributed by atoms with van der Waals surface area (Å²) in [7, 11) is 3.95. The van der Waals surface area contributed by atoms with E-state index in [1.807, 2.05) is 19.0 Å². The third-order valence-electron chi connectivity index (χ3n) is 2.29. The van der Waals surface area contributed by atoms with Crippen molar-refractivity contribution in [2.24, 2.45) is 0 Å². The van der Waals surface area contributed by atoms with Crippen LogP contribution >= 0.6 is 0 Å². The maximum Gasteiger partial charge on any atom is 0.222 e. The number of carbonyl (C=O) groups excluding carboxylic acids is 1. The molecule has 1 heterocycles. The molecule has 0 bridgehead atoms. The summed E-state index contributed by atoms with van der Waals surface area (Å²) >= 11 is 0. The van der Waals surface area contributed by atoms with Crippen molar-refractivity contribution in [3.05, 3.63) is 0 Å². The van der Waals surface area contributed by atoms with Crippen LogP contribution in [0.4, 0.5) is 0 Å². The van der Waals surface area contributed by atoms with Crippen LogP contribution in [0.15, 0.2) is 0 Å². The van der Waals surface area contributed by atoms with Crippen LogP contribution in [0.3, 0.4) is 0 Å². The quantitative estimate of drug-likeness (QED) is 0.648. The molecular weight excluding hydrogens is 168 g/mol. The molecule has 0 aromatic carbocycles. The minimum atomic E-state index is -0.320. The van der Waals surface area contributed by atoms with Gasteiger partial charge in [0.25, 0.3) is 0 Å². The van der Waals surface area contributed by atoms with E-state index in [1.54, 1.807) is 4.90 Å². The van der Waals surface area contributed by atoms with Crippen LogP contribution in [0.5, 0.6) is 0 Å². The van der Waals surface area contributed by atoms with Crippen LogP contribution in [-0.4, -0.2) is 60.6 Å². The first-order valence-corrected chi connectivity index (χ1v) is 4.70. The number of piperidine rings is 1. The van der Waals surface area contributed by atoms with Crippen LogP contribution in [0, 0.1) is 0 Å². The second-order valence-electron chi connectivity index (χ2n) is 3.84. The lowest BCUT2D eigenvalue weighted by molar-refractivity contribution is -0.136. The summed E-state index contributed by atoms with van der Waals surface area (Å²) in [5.41, 5.74) is 0. The first-order chi connectivity index (χ1) is 6.09. The highest BCUT2D eigenvalue weighted by molar-refractivity contribution is 5.77. The Morgan fingerprint density at radius 3 is 2.92 bits per heavy atom. The van der Waals surface area contributed by atoms with Gasteiger partial charge in [0.2, 0.25) is 5.91 Å². The molecule has 0 aromatic heterocycles. The molecule has 0 radical (unpaired) electrons. The number of aliphatic hydroxyl groups excluding tert-OH is 1. The highest BCUT2D eigenvalue weighted by Gasteiger charge is 2.23. The Hall–Kier alpha value is -0.610. The van der Waals surface area contributed by atoms with Crippen molar-refractivity contribution in [3.63, 3.8) is 0 Å². The molecule has 0 aromatic rings. The molecule has 4 heteroatoms. The molecule has 13 heavy (non-hydrogen) atoms. The van der Waals surface area contributed by atoms with Crippen LogP contribution in [-0.2, 0) is 4.79 Å². The van der Waals surface area contributed by atoms with E-state index in [0.29, 0.717) is 19.4 Å². The zero-order chi connectivity index (χ0) is 9.84. The predicted molar refractivity (Wildman–Crippen MR) is 50.4 cm³/mol. The maximum atomic E-state index is 11.3. The summed E-state index contributed by atoms with van der Waals surface area (Å²) in [5.74, 6) is 0.173. The number of rotatable bonds is 3. The van der Waals surface area contributed by atoms with E-state index < -0.39 is 0 Å². The number of nitrogens with zero attached hydrogens (tertiary/aromatic N) is 2. The van der Waals surface area contributed by atoms with Gasteiger partial charge in [-0.3, -0.25) is 4.79 Å². The Morgan fingerprint density at radius 2 is 2.31 bits per heavy atom. The first kappa shape index (κ1) is 10.5. The minimum Gasteiger partial charge on any atom is -0.391 e. The lowest BCUT2D eigenvalue weighted by Crippen LogP contribution is -2.45. The van der Waals surface area contributed by atoms with Crippen molar-refractivity contribution in [1.82, 2.24) is 9.80 Å². The van der Waals surface area contributed by atoms with Gasteiger partial charge in [0, 0.05) is 26.1 Å². The third-order valence-corrected chi connectivity index (χ3v) is 2.29. The van der Waals surface area contributed by atoms with E-state index in [1.165, 1.54) is 0 Å². The molecule has 1 atom stereocenters. The smallest absolute Gasteiger partial charge is 0.222 e. The van der Waals surface area contributed by atoms with Gasteiger partial charge in [0.15, 0.2) is 0 Å². The van der Waals surface area contributed by atoms with Crippen molar-refractivity contribution >= 4 is 5.91 Å². The van der Waals surface area contributed by atoms with Gasteiger partial charge in [-0.05, 0) is 20.5 Å². The molecular formula is C9H18N2O2. The normalized spacial score (nSPS) is 24.2. The number of carbonyl (C=O) groups is 1. The number of amides is 1. The van der Waals surface area contributed by atoms with Crippen LogP contribution < -0.4 is 0 Å². The molecule has 1 aliphatic heterocycles. The topological polar surface area (TPSA) is 43.8 Å². The summed E-state index contributed by atoms with van der Waals surface area (Å²) in [5, 5.41) is 9.36. The van der Waals surface area contributed by atoms with Crippen LogP contribution in [0.1, 0.15) is 12.8 Å². The standard InChI is InChI=1S/C9H18N2O2/c1-10(2)5-6-11-7-8(12)3-4-9(11)13/h8,12H,3-7H2,1-2H3. The molecule has 1 amide bonds. The van der Waals surface area contributed by atoms with Gasteiger partial charge >= 0.3 is 0 Å². The summed E-state index contributed by atoms with van der Waals surface area (Å²) < 4.78 is 0. The molecule has 4 nitrogen and oxygen atoms in total. The molecule has 76 valence electrons. The van der Waals surface area contributed by atoms with Crippen LogP contribution in [0.2, 0.25) is 0 Å². The van der Waals surface area contributed by atoms with E-state index in [9.17, 15) is 9.90 Å². The van der Waals surface area contributed by atoms with Gasteiger partial charge < -0.3 is 14.9 Å². The van der Waals surface area contributed by atoms with Crippen molar-refractivity contribution in [2.45, 2.75) is 18.9 Å². The number of hydrogen-bond acceptors (Lipinski definition) is 3. The molecule has 1 saturated heterocycles. The molecule has 1 N–H and O–H groups in total. The van der Waals surface area contributed by atoms with E-state index in [2.05, 4.69) is 0 Å². The molecule has 1 rings (SSSR count). The van der Waals surface area contributed by atoms with Gasteiger partial charge in [-0.2, -0.15) is 0 Å². The molecule has 1 fully saturated rings. The predicted octanol–water partition coefficient (Wildman–Crippen LogP) is -0.469. The number of likely N-dealkylation sites (tertiary alicyclic amines) is 1. The van der Waals surface area contributed by atoms with Crippen molar-refractivity contribution in [2.75, 3.05) is 33.7 Å². The lowest BCUT2D eigenvalue weighted by atomic mass is 10.1. The Balaban J connectivity index is 2.33. The van der Waals surface area contributed by atoms with Gasteiger partial charge in [0.1, 0.15) is 0 Å². The summed E-state index contributed by atoms with van der Waals surface area (Å²) in [4.78, 5) is 15.1. The Bertz CT molecular complexity index is 182. The second kappa shape index (κ2) is 4.58. The van der Waals surface area contributed by atoms with Crippen LogP contribution in [0.25, 0.3) is 0 Å². The van der Waals surface area contributed by atoms with Gasteiger partial charge in [-0.25, -0.2) is 0 Å². The first-order valence-electron chi connectivity index (χ1n) is 4.70. The number of β-amino-alcohol motifs (C(OH)–C–C–N with tert-alkyl or cyclic N) is 1. The fourth-order valence-corrected chi connectivity index (χ4v) is 1.43. The van der Waals surface area contributed by atoms with E-state index >= 15 is 0 Å². The van der Waals surface area contributed by atoms with Gasteiger partial charge in [-0.15, -0.1) is 0 Å². The van der Waals surface area contributed by atoms with Crippen molar-refractivity contribution < 1.29 is 9.90 Å². The molecule has 1 aliphatic rings. The van der Waals surface area contributed by atoms with Gasteiger partial charge in [-0.1, -0.05) is 0 Å². The highest BCUT2D eigenvalue weighted by Crippen LogP contribution is 2.10. The summed E-state index contributed by atoms with van der Waals surface area (Å²) in [6.45, 7) is 2.09. The monoisotopic (exact) mass is 186 g/mol. The van der Waals surface area contributed by atoms with E-state index in [0.717, 1.165) is 13.1 Å². The fourth-order valence-electron chi connectivity index (χ4n) is 1.43. The average Bonchev–Trinajstić information content (AvgIpc) is 2.06. The Morgan fingerprint density at radius 1 is 1.62 bits per heavy atom. The average molecular weight is 186 g/mol. The zero-order valence-corrected chi connectivity index (χ0v) is 8.36. The second-order valence-corrected chi connectivity index (χ2v) is 3.84. The van der Waals surface area contributed by atoms with Crippen molar-refractivity contribution in [3.8, 4) is 0 Å². The van der Waals surface area contributed by atoms with E-state index in [-0.39, 0.29) is 12.0 Å². The largest absolute Gasteiger partial charge is 0.391 e. The van der Waals surface area contributed by atoms with Crippen molar-refractivity contribution in [1.29, 1.82) is 0 Å². The van der Waals surface area contributed by atoms with E-state index in [4.69, 9.17) is 0 Å². The highest BCUT2D eigenvalue weighted by atomic mass is 16.3. The number of hydrogen-bond donors (Lipinski definition) is 1. The van der Waals surface area contributed by atoms with Gasteiger partial charge in [0.05, 0.1) is 6.10 Å². The maximum absolute atomic E-state index is 11.3. The molecule has 1 unspecified atom stereocenters. The fraction of sp³-hybridized carbons (Fsp3) is 0.889. The minimum absolute atomic E-state index is 0.173. The molecule has 0 saturated carbocycles. The molecule has 0 spiro atoms. The number of likely N-dealkylation sites (N-methyl/N-ethyl adjacent to an activating group) is 1. The molecule has 0 aliphatic carbocycles. The lowest BCUT2D eigenvalue weighted by Gasteiger charge is -2.30. The Kier molecular flexibility index (Phi) is 3.69. The SMILES string of the molecule is CN(C)CCN1CC(O)CCC1=O.